The van der Waals surface area contributed by atoms with Crippen molar-refractivity contribution in [2.75, 3.05) is 33.3 Å². The van der Waals surface area contributed by atoms with Crippen molar-refractivity contribution in [1.82, 2.24) is 9.80 Å². The summed E-state index contributed by atoms with van der Waals surface area (Å²) in [5, 5.41) is 0. The fourth-order valence-electron chi connectivity index (χ4n) is 5.03. The lowest BCUT2D eigenvalue weighted by atomic mass is 9.89. The van der Waals surface area contributed by atoms with E-state index in [-0.39, 0.29) is 18.0 Å². The number of hydrogen-bond acceptors (Lipinski definition) is 5. The third-order valence-electron chi connectivity index (χ3n) is 6.72. The van der Waals surface area contributed by atoms with Gasteiger partial charge in [-0.25, -0.2) is 4.79 Å². The molecule has 2 aliphatic heterocycles. The molecule has 1 aromatic carbocycles. The van der Waals surface area contributed by atoms with Crippen LogP contribution in [-0.4, -0.2) is 60.8 Å². The molecule has 1 aromatic rings. The number of aryl methyl sites for hydroxylation is 1. The van der Waals surface area contributed by atoms with Crippen LogP contribution in [0.3, 0.4) is 0 Å². The number of ether oxygens (including phenoxy) is 2. The first-order valence-electron chi connectivity index (χ1n) is 11.2. The number of nitrogens with zero attached hydrogens (tertiary/aromatic N) is 2. The summed E-state index contributed by atoms with van der Waals surface area (Å²) in [5.74, 6) is 0.394. The number of rotatable bonds is 3. The van der Waals surface area contributed by atoms with Gasteiger partial charge in [0, 0.05) is 25.0 Å². The minimum atomic E-state index is -0.448. The molecule has 3 aliphatic rings. The monoisotopic (exact) mass is 414 g/mol. The molecule has 0 spiro atoms. The van der Waals surface area contributed by atoms with Gasteiger partial charge in [-0.2, -0.15) is 0 Å². The van der Waals surface area contributed by atoms with Gasteiger partial charge in [-0.3, -0.25) is 9.69 Å². The third-order valence-corrected chi connectivity index (χ3v) is 6.72. The molecule has 2 fully saturated rings. The summed E-state index contributed by atoms with van der Waals surface area (Å²) >= 11 is 0. The number of esters is 1. The first-order chi connectivity index (χ1) is 14.2. The second-order valence-corrected chi connectivity index (χ2v) is 9.93. The second-order valence-electron chi connectivity index (χ2n) is 9.93. The lowest BCUT2D eigenvalue weighted by molar-refractivity contribution is -0.147. The quantitative estimate of drug-likeness (QED) is 0.702. The highest BCUT2D eigenvalue weighted by Gasteiger charge is 2.36. The highest BCUT2D eigenvalue weighted by molar-refractivity contribution is 5.72. The lowest BCUT2D eigenvalue weighted by Crippen LogP contribution is -2.50. The van der Waals surface area contributed by atoms with Crippen LogP contribution in [0, 0.1) is 5.92 Å². The summed E-state index contributed by atoms with van der Waals surface area (Å²) in [7, 11) is 1.48. The van der Waals surface area contributed by atoms with E-state index in [1.807, 2.05) is 20.8 Å². The fraction of sp³-hybridized carbons (Fsp3) is 0.667. The van der Waals surface area contributed by atoms with Gasteiger partial charge in [0.25, 0.3) is 0 Å². The van der Waals surface area contributed by atoms with E-state index in [2.05, 4.69) is 23.1 Å². The van der Waals surface area contributed by atoms with Gasteiger partial charge in [0.15, 0.2) is 0 Å². The molecule has 1 atom stereocenters. The van der Waals surface area contributed by atoms with Crippen molar-refractivity contribution >= 4 is 12.1 Å². The molecule has 0 bridgehead atoms. The number of piperidine rings is 1. The Hall–Kier alpha value is -2.08. The summed E-state index contributed by atoms with van der Waals surface area (Å²) in [6, 6.07) is 7.36. The number of fused-ring (bicyclic) bond motifs is 1. The van der Waals surface area contributed by atoms with Gasteiger partial charge in [-0.05, 0) is 76.2 Å². The van der Waals surface area contributed by atoms with Crippen LogP contribution < -0.4 is 0 Å². The number of hydrogen-bond donors (Lipinski definition) is 0. The van der Waals surface area contributed by atoms with Crippen LogP contribution in [0.25, 0.3) is 0 Å². The summed E-state index contributed by atoms with van der Waals surface area (Å²) in [6.07, 6.45) is 3.82. The van der Waals surface area contributed by atoms with Crippen LogP contribution in [0.15, 0.2) is 18.2 Å². The molecule has 4 rings (SSSR count). The van der Waals surface area contributed by atoms with Crippen molar-refractivity contribution in [3.63, 3.8) is 0 Å². The van der Waals surface area contributed by atoms with Crippen molar-refractivity contribution < 1.29 is 19.1 Å². The van der Waals surface area contributed by atoms with Crippen LogP contribution in [0.5, 0.6) is 0 Å². The predicted octanol–water partition coefficient (Wildman–Crippen LogP) is 3.89. The minimum absolute atomic E-state index is 0.0565. The first kappa shape index (κ1) is 21.2. The summed E-state index contributed by atoms with van der Waals surface area (Å²) < 4.78 is 10.4. The van der Waals surface area contributed by atoms with Crippen molar-refractivity contribution in [3.05, 3.63) is 34.9 Å². The van der Waals surface area contributed by atoms with Gasteiger partial charge in [0.05, 0.1) is 13.0 Å². The Bertz CT molecular complexity index is 802. The van der Waals surface area contributed by atoms with E-state index in [0.29, 0.717) is 12.0 Å². The van der Waals surface area contributed by atoms with Gasteiger partial charge in [-0.15, -0.1) is 0 Å². The Balaban J connectivity index is 1.34. The molecule has 1 amide bonds. The average molecular weight is 415 g/mol. The van der Waals surface area contributed by atoms with E-state index in [0.717, 1.165) is 51.9 Å². The highest BCUT2D eigenvalue weighted by Crippen LogP contribution is 2.40. The van der Waals surface area contributed by atoms with Gasteiger partial charge >= 0.3 is 12.1 Å². The SMILES string of the molecule is COC(=O)C1CCN(C2CCc3cc(C4CN(C(=O)OC(C)(C)C)C4)ccc32)CC1. The van der Waals surface area contributed by atoms with Crippen molar-refractivity contribution in [3.8, 4) is 0 Å². The zero-order valence-corrected chi connectivity index (χ0v) is 18.6. The summed E-state index contributed by atoms with van der Waals surface area (Å²) in [4.78, 5) is 28.3. The maximum atomic E-state index is 12.2. The molecular weight excluding hydrogens is 380 g/mol. The molecule has 30 heavy (non-hydrogen) atoms. The molecule has 6 heteroatoms. The fourth-order valence-corrected chi connectivity index (χ4v) is 5.03. The second kappa shape index (κ2) is 8.22. The van der Waals surface area contributed by atoms with E-state index in [4.69, 9.17) is 9.47 Å². The van der Waals surface area contributed by atoms with Crippen LogP contribution in [0.1, 0.15) is 68.7 Å². The number of carbonyl (C=O) groups excluding carboxylic acids is 2. The molecule has 6 nitrogen and oxygen atoms in total. The van der Waals surface area contributed by atoms with Gasteiger partial charge in [-0.1, -0.05) is 18.2 Å². The molecule has 2 saturated heterocycles. The first-order valence-corrected chi connectivity index (χ1v) is 11.2. The van der Waals surface area contributed by atoms with Crippen molar-refractivity contribution in [2.24, 2.45) is 5.92 Å². The number of benzene rings is 1. The molecule has 0 aromatic heterocycles. The highest BCUT2D eigenvalue weighted by atomic mass is 16.6. The predicted molar refractivity (Wildman–Crippen MR) is 114 cm³/mol. The maximum Gasteiger partial charge on any atom is 0.410 e. The standard InChI is InChI=1S/C24H34N2O4/c1-24(2,3)30-23(28)26-14-19(15-26)17-5-7-20-18(13-17)6-8-21(20)25-11-9-16(10-12-25)22(27)29-4/h5,7,13,16,19,21H,6,8-12,14-15H2,1-4H3. The van der Waals surface area contributed by atoms with E-state index in [9.17, 15) is 9.59 Å². The number of amides is 1. The summed E-state index contributed by atoms with van der Waals surface area (Å²) in [6.45, 7) is 9.08. The Morgan fingerprint density at radius 3 is 2.40 bits per heavy atom. The van der Waals surface area contributed by atoms with Crippen LogP contribution in [-0.2, 0) is 20.7 Å². The Kier molecular flexibility index (Phi) is 5.80. The van der Waals surface area contributed by atoms with Crippen LogP contribution >= 0.6 is 0 Å². The largest absolute Gasteiger partial charge is 0.469 e. The van der Waals surface area contributed by atoms with Crippen molar-refractivity contribution in [1.29, 1.82) is 0 Å². The smallest absolute Gasteiger partial charge is 0.410 e. The molecule has 0 radical (unpaired) electrons. The van der Waals surface area contributed by atoms with Crippen molar-refractivity contribution in [2.45, 2.75) is 64.0 Å². The van der Waals surface area contributed by atoms with Crippen LogP contribution in [0.4, 0.5) is 4.79 Å². The molecule has 0 N–H and O–H groups in total. The molecule has 1 unspecified atom stereocenters. The zero-order chi connectivity index (χ0) is 21.5. The van der Waals surface area contributed by atoms with Gasteiger partial charge in [0.1, 0.15) is 5.60 Å². The topological polar surface area (TPSA) is 59.1 Å². The lowest BCUT2D eigenvalue weighted by Gasteiger charge is -2.40. The number of likely N-dealkylation sites (tertiary alicyclic amines) is 2. The molecule has 2 heterocycles. The maximum absolute atomic E-state index is 12.2. The normalized spacial score (nSPS) is 23.1. The van der Waals surface area contributed by atoms with Gasteiger partial charge in [0.2, 0.25) is 0 Å². The number of methoxy groups -OCH3 is 1. The van der Waals surface area contributed by atoms with E-state index >= 15 is 0 Å². The average Bonchev–Trinajstić information content (AvgIpc) is 3.08. The van der Waals surface area contributed by atoms with E-state index < -0.39 is 5.60 Å². The number of carbonyl (C=O) groups is 2. The Morgan fingerprint density at radius 1 is 1.07 bits per heavy atom. The van der Waals surface area contributed by atoms with Gasteiger partial charge < -0.3 is 14.4 Å². The summed E-state index contributed by atoms with van der Waals surface area (Å²) in [5.41, 5.74) is 3.77. The molecule has 0 saturated carbocycles. The van der Waals surface area contributed by atoms with E-state index in [1.165, 1.54) is 23.8 Å². The zero-order valence-electron chi connectivity index (χ0n) is 18.6. The Labute approximate surface area is 179 Å². The molecule has 1 aliphatic carbocycles. The Morgan fingerprint density at radius 2 is 1.77 bits per heavy atom. The molecule has 164 valence electrons. The minimum Gasteiger partial charge on any atom is -0.469 e. The van der Waals surface area contributed by atoms with E-state index in [1.54, 1.807) is 4.90 Å². The third kappa shape index (κ3) is 4.34. The van der Waals surface area contributed by atoms with Crippen LogP contribution in [0.2, 0.25) is 0 Å². The molecular formula is C24H34N2O4.